The second-order valence-corrected chi connectivity index (χ2v) is 5.92. The lowest BCUT2D eigenvalue weighted by Gasteiger charge is -2.10. The molecule has 2 rings (SSSR count). The Labute approximate surface area is 129 Å². The Kier molecular flexibility index (Phi) is 4.60. The number of carbonyl (C=O) groups is 2. The van der Waals surface area contributed by atoms with Crippen LogP contribution in [0.3, 0.4) is 0 Å². The molecule has 7 nitrogen and oxygen atoms in total. The van der Waals surface area contributed by atoms with Crippen molar-refractivity contribution in [3.8, 4) is 0 Å². The average molecular weight is 324 g/mol. The number of hydrogen-bond acceptors (Lipinski definition) is 5. The van der Waals surface area contributed by atoms with E-state index in [-0.39, 0.29) is 28.8 Å². The molecule has 0 atom stereocenters. The Bertz CT molecular complexity index is 806. The molecule has 22 heavy (non-hydrogen) atoms. The fraction of sp³-hybridized carbons (Fsp3) is 0.429. The van der Waals surface area contributed by atoms with E-state index in [1.807, 2.05) is 6.92 Å². The molecule has 2 heterocycles. The number of fused-ring (bicyclic) bond motifs is 1. The molecule has 0 fully saturated rings. The van der Waals surface area contributed by atoms with Crippen LogP contribution in [0.15, 0.2) is 4.79 Å². The first kappa shape index (κ1) is 16.2. The van der Waals surface area contributed by atoms with Gasteiger partial charge in [0.05, 0.1) is 11.8 Å². The molecule has 0 saturated carbocycles. The van der Waals surface area contributed by atoms with Gasteiger partial charge < -0.3 is 10.2 Å². The molecule has 2 aromatic heterocycles. The van der Waals surface area contributed by atoms with Crippen molar-refractivity contribution in [1.82, 2.24) is 9.55 Å². The Hall–Kier alpha value is -2.22. The number of aryl methyl sites for hydroxylation is 2. The van der Waals surface area contributed by atoms with Gasteiger partial charge >= 0.3 is 11.9 Å². The Balaban J connectivity index is 2.70. The topological polar surface area (TPSA) is 109 Å². The summed E-state index contributed by atoms with van der Waals surface area (Å²) in [6.45, 7) is 3.54. The smallest absolute Gasteiger partial charge is 0.346 e. The van der Waals surface area contributed by atoms with E-state index in [2.05, 4.69) is 4.98 Å². The minimum absolute atomic E-state index is 0.0319. The average Bonchev–Trinajstić information content (AvgIpc) is 2.76. The van der Waals surface area contributed by atoms with Crippen LogP contribution < -0.4 is 5.56 Å². The maximum Gasteiger partial charge on any atom is 0.346 e. The van der Waals surface area contributed by atoms with Gasteiger partial charge in [0.15, 0.2) is 0 Å². The predicted molar refractivity (Wildman–Crippen MR) is 81.8 cm³/mol. The van der Waals surface area contributed by atoms with Gasteiger partial charge in [-0.05, 0) is 18.9 Å². The first-order valence-electron chi connectivity index (χ1n) is 6.84. The summed E-state index contributed by atoms with van der Waals surface area (Å²) < 4.78 is 1.35. The van der Waals surface area contributed by atoms with Gasteiger partial charge in [-0.1, -0.05) is 6.92 Å². The summed E-state index contributed by atoms with van der Waals surface area (Å²) in [5.74, 6) is -1.59. The zero-order chi connectivity index (χ0) is 16.4. The van der Waals surface area contributed by atoms with Crippen molar-refractivity contribution in [2.45, 2.75) is 39.7 Å². The van der Waals surface area contributed by atoms with Crippen LogP contribution in [0.5, 0.6) is 0 Å². The first-order chi connectivity index (χ1) is 10.4. The molecule has 0 aliphatic heterocycles. The van der Waals surface area contributed by atoms with Crippen molar-refractivity contribution in [2.24, 2.45) is 0 Å². The number of aromatic carboxylic acids is 1. The quantitative estimate of drug-likeness (QED) is 0.839. The van der Waals surface area contributed by atoms with Gasteiger partial charge in [-0.3, -0.25) is 14.2 Å². The number of thiophene rings is 1. The van der Waals surface area contributed by atoms with Gasteiger partial charge in [-0.25, -0.2) is 9.78 Å². The van der Waals surface area contributed by atoms with Crippen LogP contribution in [0.1, 0.15) is 40.8 Å². The van der Waals surface area contributed by atoms with Crippen molar-refractivity contribution in [2.75, 3.05) is 0 Å². The van der Waals surface area contributed by atoms with Gasteiger partial charge in [-0.2, -0.15) is 0 Å². The molecule has 0 aromatic carbocycles. The molecular formula is C14H16N2O5S. The predicted octanol–water partition coefficient (Wildman–Crippen LogP) is 1.89. The first-order valence-corrected chi connectivity index (χ1v) is 7.66. The molecule has 0 aliphatic rings. The zero-order valence-corrected chi connectivity index (χ0v) is 13.1. The maximum absolute atomic E-state index is 12.6. The molecular weight excluding hydrogens is 308 g/mol. The van der Waals surface area contributed by atoms with Crippen LogP contribution in [-0.4, -0.2) is 31.7 Å². The molecule has 0 bridgehead atoms. The summed E-state index contributed by atoms with van der Waals surface area (Å²) in [5.41, 5.74) is 0.0214. The molecule has 118 valence electrons. The Morgan fingerprint density at radius 1 is 1.32 bits per heavy atom. The number of hydrogen-bond donors (Lipinski definition) is 2. The fourth-order valence-electron chi connectivity index (χ4n) is 2.32. The lowest BCUT2D eigenvalue weighted by molar-refractivity contribution is -0.137. The summed E-state index contributed by atoms with van der Waals surface area (Å²) >= 11 is 0.979. The monoisotopic (exact) mass is 324 g/mol. The molecule has 8 heteroatoms. The molecule has 0 spiro atoms. The second kappa shape index (κ2) is 6.27. The highest BCUT2D eigenvalue weighted by molar-refractivity contribution is 7.20. The molecule has 0 amide bonds. The highest BCUT2D eigenvalue weighted by Crippen LogP contribution is 2.27. The zero-order valence-electron chi connectivity index (χ0n) is 12.3. The van der Waals surface area contributed by atoms with E-state index < -0.39 is 11.9 Å². The highest BCUT2D eigenvalue weighted by Gasteiger charge is 2.21. The van der Waals surface area contributed by atoms with Crippen LogP contribution >= 0.6 is 11.3 Å². The maximum atomic E-state index is 12.6. The molecule has 2 N–H and O–H groups in total. The van der Waals surface area contributed by atoms with Crippen LogP contribution in [0.4, 0.5) is 0 Å². The summed E-state index contributed by atoms with van der Waals surface area (Å²) in [6.07, 6.45) is 1.10. The summed E-state index contributed by atoms with van der Waals surface area (Å²) in [7, 11) is 0. The minimum Gasteiger partial charge on any atom is -0.481 e. The van der Waals surface area contributed by atoms with E-state index >= 15 is 0 Å². The van der Waals surface area contributed by atoms with E-state index in [0.717, 1.165) is 17.8 Å². The van der Waals surface area contributed by atoms with Crippen molar-refractivity contribution in [1.29, 1.82) is 0 Å². The number of carboxylic acid groups (broad SMARTS) is 2. The van der Waals surface area contributed by atoms with Crippen LogP contribution in [0, 0.1) is 6.92 Å². The second-order valence-electron chi connectivity index (χ2n) is 4.92. The van der Waals surface area contributed by atoms with Gasteiger partial charge in [0.25, 0.3) is 5.56 Å². The summed E-state index contributed by atoms with van der Waals surface area (Å²) in [5, 5.41) is 18.3. The fourth-order valence-corrected chi connectivity index (χ4v) is 3.34. The highest BCUT2D eigenvalue weighted by atomic mass is 32.1. The van der Waals surface area contributed by atoms with E-state index in [1.54, 1.807) is 6.92 Å². The number of nitrogens with zero attached hydrogens (tertiary/aromatic N) is 2. The van der Waals surface area contributed by atoms with Crippen molar-refractivity contribution in [3.63, 3.8) is 0 Å². The van der Waals surface area contributed by atoms with Crippen LogP contribution in [-0.2, 0) is 17.8 Å². The lowest BCUT2D eigenvalue weighted by atomic mass is 10.2. The molecule has 0 unspecified atom stereocenters. The summed E-state index contributed by atoms with van der Waals surface area (Å²) in [4.78, 5) is 39.5. The van der Waals surface area contributed by atoms with Crippen molar-refractivity contribution in [3.05, 3.63) is 26.6 Å². The van der Waals surface area contributed by atoms with Gasteiger partial charge in [0.1, 0.15) is 15.5 Å². The summed E-state index contributed by atoms with van der Waals surface area (Å²) in [6, 6.07) is 0. The number of carboxylic acids is 2. The lowest BCUT2D eigenvalue weighted by Crippen LogP contribution is -2.26. The van der Waals surface area contributed by atoms with E-state index in [4.69, 9.17) is 5.11 Å². The van der Waals surface area contributed by atoms with E-state index in [1.165, 1.54) is 4.57 Å². The van der Waals surface area contributed by atoms with Crippen molar-refractivity contribution >= 4 is 33.5 Å². The standard InChI is InChI=1S/C14H16N2O5S/c1-3-4-8-15-12-10(7(2)11(22-12)14(20)21)13(19)16(8)6-5-9(17)18/h3-6H2,1-2H3,(H,17,18)(H,20,21). The Morgan fingerprint density at radius 2 is 2.00 bits per heavy atom. The van der Waals surface area contributed by atoms with E-state index in [0.29, 0.717) is 22.6 Å². The van der Waals surface area contributed by atoms with Gasteiger partial charge in [0.2, 0.25) is 0 Å². The van der Waals surface area contributed by atoms with Gasteiger partial charge in [-0.15, -0.1) is 11.3 Å². The number of rotatable bonds is 6. The third-order valence-electron chi connectivity index (χ3n) is 3.35. The molecule has 2 aromatic rings. The third-order valence-corrected chi connectivity index (χ3v) is 4.52. The van der Waals surface area contributed by atoms with Crippen LogP contribution in [0.2, 0.25) is 0 Å². The molecule has 0 aliphatic carbocycles. The SMILES string of the molecule is CCCc1nc2sc(C(=O)O)c(C)c2c(=O)n1CCC(=O)O. The Morgan fingerprint density at radius 3 is 2.55 bits per heavy atom. The molecule has 0 radical (unpaired) electrons. The normalized spacial score (nSPS) is 11.0. The van der Waals surface area contributed by atoms with Crippen molar-refractivity contribution < 1.29 is 19.8 Å². The number of aromatic nitrogens is 2. The minimum atomic E-state index is -1.09. The largest absolute Gasteiger partial charge is 0.481 e. The van der Waals surface area contributed by atoms with E-state index in [9.17, 15) is 19.5 Å². The van der Waals surface area contributed by atoms with Gasteiger partial charge in [0, 0.05) is 13.0 Å². The van der Waals surface area contributed by atoms with Crippen LogP contribution in [0.25, 0.3) is 10.2 Å². The molecule has 0 saturated heterocycles. The number of aliphatic carboxylic acids is 1. The third kappa shape index (κ3) is 2.87.